The van der Waals surface area contributed by atoms with E-state index in [0.717, 1.165) is 12.8 Å². The normalized spacial score (nSPS) is 10.3. The van der Waals surface area contributed by atoms with Crippen LogP contribution in [-0.4, -0.2) is 9.97 Å². The van der Waals surface area contributed by atoms with E-state index in [1.165, 1.54) is 0 Å². The zero-order valence-electron chi connectivity index (χ0n) is 7.06. The van der Waals surface area contributed by atoms with Gasteiger partial charge in [-0.25, -0.2) is 14.4 Å². The second-order valence-electron chi connectivity index (χ2n) is 2.58. The minimum absolute atomic E-state index is 0.0778. The summed E-state index contributed by atoms with van der Waals surface area (Å²) in [5, 5.41) is -0.0778. The fourth-order valence-electron chi connectivity index (χ4n) is 0.915. The molecule has 1 aromatic rings. The predicted octanol–water partition coefficient (Wildman–Crippen LogP) is 2.53. The Labute approximate surface area is 75.8 Å². The third-order valence-corrected chi connectivity index (χ3v) is 1.75. The zero-order chi connectivity index (χ0) is 9.14. The lowest BCUT2D eigenvalue weighted by Gasteiger charge is -2.01. The summed E-state index contributed by atoms with van der Waals surface area (Å²) in [6.07, 6.45) is 1.67. The fourth-order valence-corrected chi connectivity index (χ4v) is 1.15. The Morgan fingerprint density at radius 2 is 2.08 bits per heavy atom. The van der Waals surface area contributed by atoms with Gasteiger partial charge in [-0.3, -0.25) is 0 Å². The van der Waals surface area contributed by atoms with Gasteiger partial charge >= 0.3 is 0 Å². The quantitative estimate of drug-likeness (QED) is 0.667. The van der Waals surface area contributed by atoms with Crippen molar-refractivity contribution in [2.75, 3.05) is 0 Å². The molecule has 4 heteroatoms. The molecule has 0 atom stereocenters. The van der Waals surface area contributed by atoms with Gasteiger partial charge in [-0.05, 0) is 13.3 Å². The topological polar surface area (TPSA) is 25.8 Å². The maximum Gasteiger partial charge on any atom is 0.181 e. The number of hydrogen-bond donors (Lipinski definition) is 0. The van der Waals surface area contributed by atoms with E-state index in [2.05, 4.69) is 9.97 Å². The highest BCUT2D eigenvalue weighted by atomic mass is 35.5. The summed E-state index contributed by atoms with van der Waals surface area (Å²) in [7, 11) is 0. The Hall–Kier alpha value is -0.700. The first-order chi connectivity index (χ1) is 5.65. The van der Waals surface area contributed by atoms with Crippen LogP contribution in [0.15, 0.2) is 0 Å². The summed E-state index contributed by atoms with van der Waals surface area (Å²) in [4.78, 5) is 7.76. The van der Waals surface area contributed by atoms with Crippen LogP contribution < -0.4 is 0 Å². The van der Waals surface area contributed by atoms with Crippen LogP contribution in [0.3, 0.4) is 0 Å². The molecule has 0 unspecified atom stereocenters. The Balaban J connectivity index is 3.04. The maximum absolute atomic E-state index is 12.9. The van der Waals surface area contributed by atoms with Gasteiger partial charge < -0.3 is 0 Å². The Bertz CT molecular complexity index is 265. The largest absolute Gasteiger partial charge is 0.235 e. The Morgan fingerprint density at radius 3 is 2.58 bits per heavy atom. The molecule has 1 heterocycles. The van der Waals surface area contributed by atoms with Crippen molar-refractivity contribution >= 4 is 11.6 Å². The van der Waals surface area contributed by atoms with E-state index in [1.54, 1.807) is 6.92 Å². The third-order valence-electron chi connectivity index (χ3n) is 1.50. The lowest BCUT2D eigenvalue weighted by Crippen LogP contribution is -2.00. The van der Waals surface area contributed by atoms with Crippen LogP contribution >= 0.6 is 11.6 Å². The minimum atomic E-state index is -0.517. The molecule has 12 heavy (non-hydrogen) atoms. The van der Waals surface area contributed by atoms with Crippen LogP contribution in [0.2, 0.25) is 5.15 Å². The first-order valence-corrected chi connectivity index (χ1v) is 4.21. The van der Waals surface area contributed by atoms with Gasteiger partial charge in [0.05, 0.1) is 5.69 Å². The number of rotatable bonds is 2. The number of nitrogens with zero attached hydrogens (tertiary/aromatic N) is 2. The average molecular weight is 189 g/mol. The molecule has 0 radical (unpaired) electrons. The van der Waals surface area contributed by atoms with Crippen LogP contribution in [0.4, 0.5) is 4.39 Å². The summed E-state index contributed by atoms with van der Waals surface area (Å²) in [5.41, 5.74) is 0.318. The van der Waals surface area contributed by atoms with E-state index in [-0.39, 0.29) is 5.15 Å². The summed E-state index contributed by atoms with van der Waals surface area (Å²) in [6.45, 7) is 3.60. The van der Waals surface area contributed by atoms with Crippen LogP contribution in [0.5, 0.6) is 0 Å². The first-order valence-electron chi connectivity index (χ1n) is 3.83. The molecule has 0 bridgehead atoms. The van der Waals surface area contributed by atoms with Crippen molar-refractivity contribution in [3.63, 3.8) is 0 Å². The van der Waals surface area contributed by atoms with Crippen molar-refractivity contribution in [2.24, 2.45) is 0 Å². The van der Waals surface area contributed by atoms with Gasteiger partial charge in [0.2, 0.25) is 0 Å². The van der Waals surface area contributed by atoms with Gasteiger partial charge in [-0.2, -0.15) is 0 Å². The van der Waals surface area contributed by atoms with Gasteiger partial charge in [0.1, 0.15) is 5.82 Å². The molecule has 1 rings (SSSR count). The predicted molar refractivity (Wildman–Crippen MR) is 45.7 cm³/mol. The SMILES string of the molecule is CCCc1nc(C)c(F)c(Cl)n1. The van der Waals surface area contributed by atoms with Gasteiger partial charge in [-0.1, -0.05) is 18.5 Å². The molecule has 0 N–H and O–H groups in total. The van der Waals surface area contributed by atoms with E-state index in [0.29, 0.717) is 11.5 Å². The summed E-state index contributed by atoms with van der Waals surface area (Å²) in [5.74, 6) is 0.0953. The number of halogens is 2. The molecule has 0 aliphatic carbocycles. The van der Waals surface area contributed by atoms with Crippen LogP contribution in [0.25, 0.3) is 0 Å². The highest BCUT2D eigenvalue weighted by Crippen LogP contribution is 2.14. The molecule has 1 aromatic heterocycles. The number of hydrogen-bond acceptors (Lipinski definition) is 2. The lowest BCUT2D eigenvalue weighted by molar-refractivity contribution is 0.595. The van der Waals surface area contributed by atoms with Gasteiger partial charge in [-0.15, -0.1) is 0 Å². The molecule has 0 aliphatic rings. The molecule has 0 spiro atoms. The van der Waals surface area contributed by atoms with Crippen molar-refractivity contribution in [3.8, 4) is 0 Å². The van der Waals surface area contributed by atoms with Gasteiger partial charge in [0, 0.05) is 6.42 Å². The third kappa shape index (κ3) is 1.91. The van der Waals surface area contributed by atoms with Crippen molar-refractivity contribution in [2.45, 2.75) is 26.7 Å². The van der Waals surface area contributed by atoms with E-state index in [1.807, 2.05) is 6.92 Å². The molecule has 2 nitrogen and oxygen atoms in total. The monoisotopic (exact) mass is 188 g/mol. The first kappa shape index (κ1) is 9.39. The highest BCUT2D eigenvalue weighted by Gasteiger charge is 2.07. The fraction of sp³-hybridized carbons (Fsp3) is 0.500. The number of aryl methyl sites for hydroxylation is 2. The molecular weight excluding hydrogens is 179 g/mol. The van der Waals surface area contributed by atoms with Gasteiger partial charge in [0.15, 0.2) is 11.0 Å². The van der Waals surface area contributed by atoms with E-state index in [4.69, 9.17) is 11.6 Å². The molecule has 0 saturated heterocycles. The Morgan fingerprint density at radius 1 is 1.42 bits per heavy atom. The van der Waals surface area contributed by atoms with Crippen LogP contribution in [0.1, 0.15) is 24.9 Å². The summed E-state index contributed by atoms with van der Waals surface area (Å²) < 4.78 is 12.9. The highest BCUT2D eigenvalue weighted by molar-refractivity contribution is 6.29. The molecule has 0 saturated carbocycles. The number of aromatic nitrogens is 2. The molecule has 0 aromatic carbocycles. The van der Waals surface area contributed by atoms with Crippen molar-refractivity contribution in [1.29, 1.82) is 0 Å². The molecule has 66 valence electrons. The molecule has 0 amide bonds. The van der Waals surface area contributed by atoms with Crippen molar-refractivity contribution in [1.82, 2.24) is 9.97 Å². The summed E-state index contributed by atoms with van der Waals surface area (Å²) in [6, 6.07) is 0. The van der Waals surface area contributed by atoms with Crippen molar-refractivity contribution < 1.29 is 4.39 Å². The lowest BCUT2D eigenvalue weighted by atomic mass is 10.3. The second kappa shape index (κ2) is 3.81. The molecule has 0 fully saturated rings. The molecular formula is C8H10ClFN2. The van der Waals surface area contributed by atoms with Crippen molar-refractivity contribution in [3.05, 3.63) is 22.5 Å². The average Bonchev–Trinajstić information content (AvgIpc) is 2.01. The molecule has 0 aliphatic heterocycles. The minimum Gasteiger partial charge on any atom is -0.235 e. The van der Waals surface area contributed by atoms with Crippen LogP contribution in [-0.2, 0) is 6.42 Å². The smallest absolute Gasteiger partial charge is 0.181 e. The van der Waals surface area contributed by atoms with Crippen LogP contribution in [0, 0.1) is 12.7 Å². The standard InChI is InChI=1S/C8H10ClFN2/c1-3-4-6-11-5(2)7(10)8(9)12-6/h3-4H2,1-2H3. The summed E-state index contributed by atoms with van der Waals surface area (Å²) >= 11 is 5.53. The van der Waals surface area contributed by atoms with E-state index < -0.39 is 5.82 Å². The second-order valence-corrected chi connectivity index (χ2v) is 2.94. The van der Waals surface area contributed by atoms with Gasteiger partial charge in [0.25, 0.3) is 0 Å². The van der Waals surface area contributed by atoms with E-state index >= 15 is 0 Å². The van der Waals surface area contributed by atoms with E-state index in [9.17, 15) is 4.39 Å². The zero-order valence-corrected chi connectivity index (χ0v) is 7.82. The Kier molecular flexibility index (Phi) is 2.98. The maximum atomic E-state index is 12.9.